The summed E-state index contributed by atoms with van der Waals surface area (Å²) in [6.45, 7) is 3.87. The molecular formula is C22H18Cl2N4O2S. The molecule has 0 saturated carbocycles. The fraction of sp³-hybridized carbons (Fsp3) is 0.136. The normalized spacial score (nSPS) is 11.0. The van der Waals surface area contributed by atoms with Crippen molar-refractivity contribution in [1.82, 2.24) is 14.8 Å². The molecule has 6 nitrogen and oxygen atoms in total. The van der Waals surface area contributed by atoms with Gasteiger partial charge in [-0.25, -0.2) is 0 Å². The molecular weight excluding hydrogens is 455 g/mol. The second-order valence-corrected chi connectivity index (χ2v) is 8.66. The minimum Gasteiger partial charge on any atom is -0.461 e. The highest BCUT2D eigenvalue weighted by Gasteiger charge is 2.19. The number of nitrogens with zero attached hydrogens (tertiary/aromatic N) is 3. The minimum atomic E-state index is -0.191. The van der Waals surface area contributed by atoms with E-state index in [-0.39, 0.29) is 11.7 Å². The van der Waals surface area contributed by atoms with Crippen molar-refractivity contribution in [1.29, 1.82) is 0 Å². The summed E-state index contributed by atoms with van der Waals surface area (Å²) < 4.78 is 7.34. The van der Waals surface area contributed by atoms with Gasteiger partial charge < -0.3 is 9.73 Å². The molecule has 1 amide bonds. The number of hydrogen-bond acceptors (Lipinski definition) is 5. The summed E-state index contributed by atoms with van der Waals surface area (Å²) in [4.78, 5) is 12.6. The van der Waals surface area contributed by atoms with Gasteiger partial charge in [-0.15, -0.1) is 10.2 Å². The molecule has 2 aromatic heterocycles. The summed E-state index contributed by atoms with van der Waals surface area (Å²) in [7, 11) is 0. The molecule has 2 heterocycles. The monoisotopic (exact) mass is 472 g/mol. The number of aromatic nitrogens is 3. The molecule has 9 heteroatoms. The fourth-order valence-electron chi connectivity index (χ4n) is 3.13. The number of thioether (sulfide) groups is 1. The first kappa shape index (κ1) is 21.5. The van der Waals surface area contributed by atoms with E-state index >= 15 is 0 Å². The summed E-state index contributed by atoms with van der Waals surface area (Å²) in [6, 6.07) is 14.7. The number of carbonyl (C=O) groups excluding carboxylic acids is 1. The molecule has 158 valence electrons. The van der Waals surface area contributed by atoms with E-state index in [0.29, 0.717) is 32.5 Å². The van der Waals surface area contributed by atoms with Gasteiger partial charge in [0.25, 0.3) is 0 Å². The quantitative estimate of drug-likeness (QED) is 0.339. The molecule has 0 aliphatic heterocycles. The summed E-state index contributed by atoms with van der Waals surface area (Å²) in [5.74, 6) is 1.05. The lowest BCUT2D eigenvalue weighted by atomic mass is 10.1. The number of benzene rings is 2. The summed E-state index contributed by atoms with van der Waals surface area (Å²) in [6.07, 6.45) is 1.57. The van der Waals surface area contributed by atoms with Crippen molar-refractivity contribution in [2.75, 3.05) is 11.1 Å². The fourth-order valence-corrected chi connectivity index (χ4v) is 4.38. The lowest BCUT2D eigenvalue weighted by molar-refractivity contribution is -0.113. The first-order chi connectivity index (χ1) is 14.9. The maximum Gasteiger partial charge on any atom is 0.234 e. The second kappa shape index (κ2) is 9.18. The van der Waals surface area contributed by atoms with E-state index in [0.717, 1.165) is 16.8 Å². The third kappa shape index (κ3) is 4.79. The van der Waals surface area contributed by atoms with E-state index in [1.165, 1.54) is 11.8 Å². The lowest BCUT2D eigenvalue weighted by Crippen LogP contribution is -2.16. The van der Waals surface area contributed by atoms with Crippen LogP contribution < -0.4 is 5.32 Å². The van der Waals surface area contributed by atoms with Crippen LogP contribution in [0.25, 0.3) is 17.3 Å². The molecule has 31 heavy (non-hydrogen) atoms. The van der Waals surface area contributed by atoms with E-state index in [1.54, 1.807) is 30.5 Å². The first-order valence-electron chi connectivity index (χ1n) is 9.37. The maximum atomic E-state index is 12.6. The third-order valence-electron chi connectivity index (χ3n) is 4.49. The van der Waals surface area contributed by atoms with Gasteiger partial charge in [0.05, 0.1) is 22.7 Å². The molecule has 0 saturated heterocycles. The Bertz CT molecular complexity index is 1200. The number of anilines is 1. The van der Waals surface area contributed by atoms with Gasteiger partial charge in [0.15, 0.2) is 10.9 Å². The Morgan fingerprint density at radius 2 is 1.90 bits per heavy atom. The van der Waals surface area contributed by atoms with Crippen molar-refractivity contribution >= 4 is 46.6 Å². The molecule has 0 bridgehead atoms. The Hall–Kier alpha value is -2.74. The molecule has 0 radical (unpaired) electrons. The summed E-state index contributed by atoms with van der Waals surface area (Å²) in [5.41, 5.74) is 3.37. The number of hydrogen-bond donors (Lipinski definition) is 1. The van der Waals surface area contributed by atoms with Crippen LogP contribution in [-0.4, -0.2) is 26.4 Å². The molecule has 4 rings (SSSR count). The molecule has 0 unspecified atom stereocenters. The summed E-state index contributed by atoms with van der Waals surface area (Å²) in [5, 5.41) is 13.1. The van der Waals surface area contributed by atoms with Gasteiger partial charge in [-0.3, -0.25) is 9.36 Å². The highest BCUT2D eigenvalue weighted by atomic mass is 35.5. The van der Waals surface area contributed by atoms with Gasteiger partial charge in [0.2, 0.25) is 11.7 Å². The van der Waals surface area contributed by atoms with Gasteiger partial charge in [0.1, 0.15) is 0 Å². The number of carbonyl (C=O) groups is 1. The highest BCUT2D eigenvalue weighted by molar-refractivity contribution is 7.99. The molecule has 1 N–H and O–H groups in total. The number of amides is 1. The molecule has 4 aromatic rings. The van der Waals surface area contributed by atoms with E-state index < -0.39 is 0 Å². The van der Waals surface area contributed by atoms with Crippen LogP contribution in [0.15, 0.2) is 64.4 Å². The van der Waals surface area contributed by atoms with Gasteiger partial charge in [0, 0.05) is 10.7 Å². The van der Waals surface area contributed by atoms with Crippen LogP contribution in [0.1, 0.15) is 11.1 Å². The van der Waals surface area contributed by atoms with Crippen LogP contribution in [0.5, 0.6) is 0 Å². The Labute approximate surface area is 193 Å². The minimum absolute atomic E-state index is 0.132. The zero-order valence-electron chi connectivity index (χ0n) is 16.7. The third-order valence-corrected chi connectivity index (χ3v) is 5.97. The molecule has 0 fully saturated rings. The van der Waals surface area contributed by atoms with E-state index in [4.69, 9.17) is 27.6 Å². The molecule has 0 atom stereocenters. The Morgan fingerprint density at radius 1 is 1.13 bits per heavy atom. The second-order valence-electron chi connectivity index (χ2n) is 6.87. The Balaban J connectivity index is 1.58. The average molecular weight is 473 g/mol. The Kier molecular flexibility index (Phi) is 6.36. The molecule has 0 aliphatic rings. The van der Waals surface area contributed by atoms with E-state index in [9.17, 15) is 4.79 Å². The van der Waals surface area contributed by atoms with Gasteiger partial charge >= 0.3 is 0 Å². The SMILES string of the molecule is Cc1cc(C)c(NC(=O)CSc2nnc(-c3ccco3)n2-c2ccc(Cl)cc2)c(Cl)c1. The predicted octanol–water partition coefficient (Wildman–Crippen LogP) is 6.18. The van der Waals surface area contributed by atoms with Crippen molar-refractivity contribution in [3.05, 3.63) is 76.0 Å². The van der Waals surface area contributed by atoms with Crippen molar-refractivity contribution in [2.24, 2.45) is 0 Å². The van der Waals surface area contributed by atoms with Crippen LogP contribution >= 0.6 is 35.0 Å². The van der Waals surface area contributed by atoms with Crippen molar-refractivity contribution in [3.63, 3.8) is 0 Å². The summed E-state index contributed by atoms with van der Waals surface area (Å²) >= 11 is 13.6. The van der Waals surface area contributed by atoms with Crippen LogP contribution in [0.3, 0.4) is 0 Å². The zero-order chi connectivity index (χ0) is 22.0. The number of furan rings is 1. The van der Waals surface area contributed by atoms with Gasteiger partial charge in [-0.05, 0) is 67.4 Å². The van der Waals surface area contributed by atoms with Crippen molar-refractivity contribution < 1.29 is 9.21 Å². The highest BCUT2D eigenvalue weighted by Crippen LogP contribution is 2.30. The standard InChI is InChI=1S/C22H18Cl2N4O2S/c1-13-10-14(2)20(17(24)11-13)25-19(29)12-31-22-27-26-21(18-4-3-9-30-18)28(22)16-7-5-15(23)6-8-16/h3-11H,12H2,1-2H3,(H,25,29). The van der Waals surface area contributed by atoms with Crippen LogP contribution in [0.4, 0.5) is 5.69 Å². The largest absolute Gasteiger partial charge is 0.461 e. The zero-order valence-corrected chi connectivity index (χ0v) is 19.1. The topological polar surface area (TPSA) is 73.0 Å². The van der Waals surface area contributed by atoms with Gasteiger partial charge in [-0.2, -0.15) is 0 Å². The lowest BCUT2D eigenvalue weighted by Gasteiger charge is -2.12. The van der Waals surface area contributed by atoms with E-state index in [2.05, 4.69) is 15.5 Å². The van der Waals surface area contributed by atoms with Crippen LogP contribution in [-0.2, 0) is 4.79 Å². The van der Waals surface area contributed by atoms with Crippen LogP contribution in [0.2, 0.25) is 10.0 Å². The number of aryl methyl sites for hydroxylation is 2. The molecule has 2 aromatic carbocycles. The molecule has 0 aliphatic carbocycles. The Morgan fingerprint density at radius 3 is 2.58 bits per heavy atom. The average Bonchev–Trinajstić information content (AvgIpc) is 3.39. The number of rotatable bonds is 6. The molecule has 0 spiro atoms. The maximum absolute atomic E-state index is 12.6. The first-order valence-corrected chi connectivity index (χ1v) is 11.1. The number of halogens is 2. The number of nitrogens with one attached hydrogen (secondary N) is 1. The van der Waals surface area contributed by atoms with Crippen LogP contribution in [0, 0.1) is 13.8 Å². The van der Waals surface area contributed by atoms with Gasteiger partial charge in [-0.1, -0.05) is 41.0 Å². The van der Waals surface area contributed by atoms with Crippen molar-refractivity contribution in [2.45, 2.75) is 19.0 Å². The van der Waals surface area contributed by atoms with Crippen molar-refractivity contribution in [3.8, 4) is 17.3 Å². The van der Waals surface area contributed by atoms with E-state index in [1.807, 2.05) is 42.7 Å². The smallest absolute Gasteiger partial charge is 0.234 e. The predicted molar refractivity (Wildman–Crippen MR) is 124 cm³/mol.